The van der Waals surface area contributed by atoms with Crippen LogP contribution < -0.4 is 5.32 Å². The van der Waals surface area contributed by atoms with Gasteiger partial charge in [0.1, 0.15) is 0 Å². The number of ether oxygens (including phenoxy) is 1. The van der Waals surface area contributed by atoms with Crippen LogP contribution in [0, 0.1) is 6.92 Å². The molecule has 1 fully saturated rings. The van der Waals surface area contributed by atoms with E-state index in [0.29, 0.717) is 32.8 Å². The number of amides is 3. The summed E-state index contributed by atoms with van der Waals surface area (Å²) < 4.78 is 4.96. The van der Waals surface area contributed by atoms with Crippen LogP contribution in [0.5, 0.6) is 0 Å². The molecule has 6 nitrogen and oxygen atoms in total. The topological polar surface area (TPSA) is 61.9 Å². The van der Waals surface area contributed by atoms with E-state index in [2.05, 4.69) is 5.32 Å². The van der Waals surface area contributed by atoms with Crippen LogP contribution in [0.2, 0.25) is 0 Å². The van der Waals surface area contributed by atoms with Gasteiger partial charge in [-0.2, -0.15) is 0 Å². The van der Waals surface area contributed by atoms with Gasteiger partial charge in [0.2, 0.25) is 0 Å². The van der Waals surface area contributed by atoms with Crippen molar-refractivity contribution in [2.75, 3.05) is 32.8 Å². The van der Waals surface area contributed by atoms with Crippen molar-refractivity contribution in [1.82, 2.24) is 15.1 Å². The van der Waals surface area contributed by atoms with Crippen LogP contribution in [-0.4, -0.2) is 54.7 Å². The minimum Gasteiger partial charge on any atom is -0.450 e. The van der Waals surface area contributed by atoms with Crippen molar-refractivity contribution >= 4 is 18.2 Å². The number of benzene rings is 1. The number of nitrogens with one attached hydrogen (secondary N) is 1. The van der Waals surface area contributed by atoms with E-state index in [0.717, 1.165) is 5.56 Å². The standard InChI is InChI=1S/C17H23N3O3/c1-3-23-17(22)20-12-10-19(11-13-20)16(21)18-9-8-15-6-4-14(2)5-7-15/h4-9H,3,10-13H2,1-2H3,(H,18,21)/b9-8+. The average molecular weight is 317 g/mol. The number of urea groups is 1. The summed E-state index contributed by atoms with van der Waals surface area (Å²) in [5.41, 5.74) is 2.23. The molecule has 0 unspecified atom stereocenters. The summed E-state index contributed by atoms with van der Waals surface area (Å²) in [4.78, 5) is 27.0. The summed E-state index contributed by atoms with van der Waals surface area (Å²) in [7, 11) is 0. The Kier molecular flexibility index (Phi) is 6.02. The normalized spacial score (nSPS) is 14.9. The second-order valence-corrected chi connectivity index (χ2v) is 5.37. The number of carbonyl (C=O) groups is 2. The van der Waals surface area contributed by atoms with Gasteiger partial charge in [0.15, 0.2) is 0 Å². The summed E-state index contributed by atoms with van der Waals surface area (Å²) in [5, 5.41) is 2.76. The number of nitrogens with zero attached hydrogens (tertiary/aromatic N) is 2. The number of rotatable bonds is 3. The second kappa shape index (κ2) is 8.22. The minimum atomic E-state index is -0.313. The fourth-order valence-corrected chi connectivity index (χ4v) is 2.28. The van der Waals surface area contributed by atoms with Crippen LogP contribution in [0.4, 0.5) is 9.59 Å². The molecule has 0 saturated carbocycles. The maximum atomic E-state index is 12.1. The molecule has 0 aliphatic carbocycles. The third-order valence-corrected chi connectivity index (χ3v) is 3.65. The van der Waals surface area contributed by atoms with E-state index in [1.807, 2.05) is 37.3 Å². The van der Waals surface area contributed by atoms with E-state index >= 15 is 0 Å². The van der Waals surface area contributed by atoms with Gasteiger partial charge >= 0.3 is 12.1 Å². The molecule has 1 N–H and O–H groups in total. The zero-order valence-corrected chi connectivity index (χ0v) is 13.6. The maximum absolute atomic E-state index is 12.1. The molecule has 1 aromatic carbocycles. The van der Waals surface area contributed by atoms with E-state index in [4.69, 9.17) is 4.74 Å². The molecular weight excluding hydrogens is 294 g/mol. The fraction of sp³-hybridized carbons (Fsp3) is 0.412. The van der Waals surface area contributed by atoms with E-state index in [1.54, 1.807) is 22.9 Å². The first kappa shape index (κ1) is 16.9. The van der Waals surface area contributed by atoms with Crippen LogP contribution in [0.15, 0.2) is 30.5 Å². The SMILES string of the molecule is CCOC(=O)N1CCN(C(=O)N/C=C/c2ccc(C)cc2)CC1. The Balaban J connectivity index is 1.76. The molecule has 124 valence electrons. The van der Waals surface area contributed by atoms with E-state index in [-0.39, 0.29) is 12.1 Å². The van der Waals surface area contributed by atoms with Crippen molar-refractivity contribution < 1.29 is 14.3 Å². The van der Waals surface area contributed by atoms with Crippen molar-refractivity contribution in [1.29, 1.82) is 0 Å². The molecule has 1 saturated heterocycles. The molecule has 1 aromatic rings. The van der Waals surface area contributed by atoms with Crippen LogP contribution in [0.3, 0.4) is 0 Å². The highest BCUT2D eigenvalue weighted by Gasteiger charge is 2.24. The Morgan fingerprint density at radius 1 is 1.13 bits per heavy atom. The van der Waals surface area contributed by atoms with Gasteiger partial charge in [-0.1, -0.05) is 29.8 Å². The number of hydrogen-bond acceptors (Lipinski definition) is 3. The third kappa shape index (κ3) is 5.02. The predicted molar refractivity (Wildman–Crippen MR) is 88.9 cm³/mol. The number of piperazine rings is 1. The van der Waals surface area contributed by atoms with Gasteiger partial charge in [0, 0.05) is 32.4 Å². The Morgan fingerprint density at radius 3 is 2.35 bits per heavy atom. The molecule has 0 aromatic heterocycles. The number of aryl methyl sites for hydroxylation is 1. The van der Waals surface area contributed by atoms with Gasteiger partial charge in [0.25, 0.3) is 0 Å². The van der Waals surface area contributed by atoms with Crippen molar-refractivity contribution in [3.8, 4) is 0 Å². The zero-order valence-electron chi connectivity index (χ0n) is 13.6. The summed E-state index contributed by atoms with van der Waals surface area (Å²) in [6.45, 7) is 6.17. The molecular formula is C17H23N3O3. The fourth-order valence-electron chi connectivity index (χ4n) is 2.28. The van der Waals surface area contributed by atoms with Gasteiger partial charge < -0.3 is 19.9 Å². The van der Waals surface area contributed by atoms with Gasteiger partial charge in [-0.25, -0.2) is 9.59 Å². The Bertz CT molecular complexity index is 561. The van der Waals surface area contributed by atoms with Crippen LogP contribution in [0.1, 0.15) is 18.1 Å². The van der Waals surface area contributed by atoms with Gasteiger partial charge in [-0.3, -0.25) is 0 Å². The van der Waals surface area contributed by atoms with Crippen molar-refractivity contribution in [2.24, 2.45) is 0 Å². The lowest BCUT2D eigenvalue weighted by Gasteiger charge is -2.33. The molecule has 6 heteroatoms. The highest BCUT2D eigenvalue weighted by Crippen LogP contribution is 2.06. The third-order valence-electron chi connectivity index (χ3n) is 3.65. The molecule has 1 aliphatic heterocycles. The van der Waals surface area contributed by atoms with Crippen LogP contribution >= 0.6 is 0 Å². The minimum absolute atomic E-state index is 0.156. The first-order chi connectivity index (χ1) is 11.1. The molecule has 2 rings (SSSR count). The van der Waals surface area contributed by atoms with Crippen LogP contribution in [0.25, 0.3) is 6.08 Å². The lowest BCUT2D eigenvalue weighted by Crippen LogP contribution is -2.52. The largest absolute Gasteiger partial charge is 0.450 e. The summed E-state index contributed by atoms with van der Waals surface area (Å²) in [5.74, 6) is 0. The first-order valence-electron chi connectivity index (χ1n) is 7.80. The summed E-state index contributed by atoms with van der Waals surface area (Å²) in [6, 6.07) is 7.88. The predicted octanol–water partition coefficient (Wildman–Crippen LogP) is 2.45. The second-order valence-electron chi connectivity index (χ2n) is 5.37. The molecule has 0 spiro atoms. The molecule has 1 aliphatic rings. The average Bonchev–Trinajstić information content (AvgIpc) is 2.57. The lowest BCUT2D eigenvalue weighted by molar-refractivity contribution is 0.0856. The molecule has 3 amide bonds. The molecule has 0 bridgehead atoms. The summed E-state index contributed by atoms with van der Waals surface area (Å²) >= 11 is 0. The van der Waals surface area contributed by atoms with Crippen molar-refractivity contribution in [3.05, 3.63) is 41.6 Å². The number of hydrogen-bond donors (Lipinski definition) is 1. The monoisotopic (exact) mass is 317 g/mol. The zero-order chi connectivity index (χ0) is 16.7. The Hall–Kier alpha value is -2.50. The van der Waals surface area contributed by atoms with E-state index < -0.39 is 0 Å². The quantitative estimate of drug-likeness (QED) is 0.931. The van der Waals surface area contributed by atoms with Crippen molar-refractivity contribution in [2.45, 2.75) is 13.8 Å². The van der Waals surface area contributed by atoms with E-state index in [9.17, 15) is 9.59 Å². The Labute approximate surface area is 136 Å². The highest BCUT2D eigenvalue weighted by molar-refractivity contribution is 5.76. The summed E-state index contributed by atoms with van der Waals surface area (Å²) in [6.07, 6.45) is 3.18. The molecule has 0 radical (unpaired) electrons. The highest BCUT2D eigenvalue weighted by atomic mass is 16.6. The van der Waals surface area contributed by atoms with Crippen molar-refractivity contribution in [3.63, 3.8) is 0 Å². The maximum Gasteiger partial charge on any atom is 0.409 e. The van der Waals surface area contributed by atoms with Gasteiger partial charge in [-0.15, -0.1) is 0 Å². The molecule has 0 atom stereocenters. The van der Waals surface area contributed by atoms with Gasteiger partial charge in [-0.05, 0) is 25.5 Å². The molecule has 1 heterocycles. The molecule has 23 heavy (non-hydrogen) atoms. The first-order valence-corrected chi connectivity index (χ1v) is 7.80. The number of carbonyl (C=O) groups excluding carboxylic acids is 2. The van der Waals surface area contributed by atoms with E-state index in [1.165, 1.54) is 5.56 Å². The Morgan fingerprint density at radius 2 is 1.74 bits per heavy atom. The van der Waals surface area contributed by atoms with Crippen LogP contribution in [-0.2, 0) is 4.74 Å². The smallest absolute Gasteiger partial charge is 0.409 e. The lowest BCUT2D eigenvalue weighted by atomic mass is 10.1. The van der Waals surface area contributed by atoms with Gasteiger partial charge in [0.05, 0.1) is 6.61 Å².